The number of aromatic nitrogens is 7. The van der Waals surface area contributed by atoms with Gasteiger partial charge < -0.3 is 41.7 Å². The van der Waals surface area contributed by atoms with E-state index in [1.165, 1.54) is 23.5 Å². The Morgan fingerprint density at radius 2 is 1.77 bits per heavy atom. The SMILES string of the molecule is CC(C)[Si](O)(O[Si](O[C@@H]1[C@@H](CO)C[C@@H](n2nnc3c(=O)[nH]cnc32)[C@@H]1OP(=S)(OCCC#N)OC[C@H]1C[C@@H](Oc2ccncn2)C[C@@H]1O[P+](=O)O)(C(C)C)C(C)C)C(C)C. The first-order valence-electron chi connectivity index (χ1n) is 20.1. The molecule has 20 nitrogen and oxygen atoms in total. The summed E-state index contributed by atoms with van der Waals surface area (Å²) in [5.74, 6) is -0.816. The van der Waals surface area contributed by atoms with Crippen molar-refractivity contribution in [1.29, 1.82) is 5.26 Å². The van der Waals surface area contributed by atoms with Gasteiger partial charge in [-0.1, -0.05) is 60.6 Å². The molecule has 0 spiro atoms. The Morgan fingerprint density at radius 3 is 2.37 bits per heavy atom. The van der Waals surface area contributed by atoms with Crippen LogP contribution >= 0.6 is 15.0 Å². The molecule has 2 saturated carbocycles. The molecule has 0 aliphatic heterocycles. The largest absolute Gasteiger partial charge is 0.695 e. The molecule has 3 heterocycles. The maximum atomic E-state index is 12.8. The third kappa shape index (κ3) is 11.0. The summed E-state index contributed by atoms with van der Waals surface area (Å²) in [5, 5.41) is 29.0. The van der Waals surface area contributed by atoms with E-state index in [0.29, 0.717) is 12.3 Å². The zero-order chi connectivity index (χ0) is 44.0. The highest BCUT2D eigenvalue weighted by Crippen LogP contribution is 2.57. The Labute approximate surface area is 357 Å². The van der Waals surface area contributed by atoms with Crippen LogP contribution in [0, 0.1) is 23.2 Å². The number of fused-ring (bicyclic) bond motifs is 1. The topological polar surface area (TPSA) is 268 Å². The molecule has 9 atom stereocenters. The molecule has 2 aliphatic carbocycles. The minimum absolute atomic E-state index is 0.0169. The molecular formula is C35H57N8O12P2SSi2+. The van der Waals surface area contributed by atoms with Crippen LogP contribution in [0.1, 0.15) is 87.1 Å². The molecule has 0 bridgehead atoms. The molecule has 60 heavy (non-hydrogen) atoms. The van der Waals surface area contributed by atoms with E-state index in [1.807, 2.05) is 61.5 Å². The Kier molecular flexibility index (Phi) is 16.8. The van der Waals surface area contributed by atoms with Crippen molar-refractivity contribution in [3.8, 4) is 11.9 Å². The number of aromatic amines is 1. The van der Waals surface area contributed by atoms with Crippen molar-refractivity contribution in [3.05, 3.63) is 35.3 Å². The lowest BCUT2D eigenvalue weighted by atomic mass is 10.1. The van der Waals surface area contributed by atoms with Crippen LogP contribution in [0.3, 0.4) is 0 Å². The fourth-order valence-electron chi connectivity index (χ4n) is 8.06. The highest BCUT2D eigenvalue weighted by molar-refractivity contribution is 8.07. The van der Waals surface area contributed by atoms with Gasteiger partial charge in [0.15, 0.2) is 11.2 Å². The molecular weight excluding hydrogens is 875 g/mol. The molecule has 25 heteroatoms. The van der Waals surface area contributed by atoms with E-state index in [1.54, 1.807) is 6.07 Å². The molecule has 3 aromatic rings. The summed E-state index contributed by atoms with van der Waals surface area (Å²) in [4.78, 5) is 49.7. The Hall–Kier alpha value is -2.53. The zero-order valence-electron chi connectivity index (χ0n) is 35.1. The van der Waals surface area contributed by atoms with Crippen molar-refractivity contribution in [1.82, 2.24) is 34.9 Å². The lowest BCUT2D eigenvalue weighted by Crippen LogP contribution is -2.62. The monoisotopic (exact) mass is 931 g/mol. The maximum Gasteiger partial charge on any atom is 0.695 e. The van der Waals surface area contributed by atoms with E-state index < -0.39 is 79.9 Å². The van der Waals surface area contributed by atoms with E-state index >= 15 is 0 Å². The van der Waals surface area contributed by atoms with Gasteiger partial charge in [-0.25, -0.2) is 19.6 Å². The average Bonchev–Trinajstić information content (AvgIpc) is 3.88. The quantitative estimate of drug-likeness (QED) is 0.0571. The van der Waals surface area contributed by atoms with Gasteiger partial charge in [0.1, 0.15) is 24.6 Å². The van der Waals surface area contributed by atoms with Crippen molar-refractivity contribution in [2.45, 2.75) is 134 Å². The second-order valence-corrected chi connectivity index (χ2v) is 28.7. The predicted molar refractivity (Wildman–Crippen MR) is 225 cm³/mol. The summed E-state index contributed by atoms with van der Waals surface area (Å²) in [6.07, 6.45) is 1.54. The Bertz CT molecular complexity index is 2030. The number of aliphatic hydroxyl groups excluding tert-OH is 1. The normalized spacial score (nSPS) is 25.1. The smallest absolute Gasteiger partial charge is 0.474 e. The van der Waals surface area contributed by atoms with Gasteiger partial charge in [0.25, 0.3) is 5.56 Å². The van der Waals surface area contributed by atoms with Crippen LogP contribution in [0.15, 0.2) is 29.7 Å². The van der Waals surface area contributed by atoms with Gasteiger partial charge in [-0.3, -0.25) is 4.79 Å². The molecule has 4 N–H and O–H groups in total. The van der Waals surface area contributed by atoms with Gasteiger partial charge in [0.2, 0.25) is 5.88 Å². The summed E-state index contributed by atoms with van der Waals surface area (Å²) < 4.78 is 58.8. The van der Waals surface area contributed by atoms with Gasteiger partial charge in [-0.2, -0.15) is 5.26 Å². The lowest BCUT2D eigenvalue weighted by Gasteiger charge is -2.48. The summed E-state index contributed by atoms with van der Waals surface area (Å²) in [6.45, 7) is 11.2. The first-order valence-corrected chi connectivity index (χ1v) is 27.7. The van der Waals surface area contributed by atoms with E-state index in [0.717, 1.165) is 0 Å². The van der Waals surface area contributed by atoms with Crippen LogP contribution in [0.4, 0.5) is 0 Å². The molecule has 0 aromatic carbocycles. The van der Waals surface area contributed by atoms with Crippen LogP contribution in [0.5, 0.6) is 5.88 Å². The molecule has 332 valence electrons. The number of aliphatic hydroxyl groups is 1. The van der Waals surface area contributed by atoms with E-state index in [4.69, 9.17) is 43.2 Å². The zero-order valence-corrected chi connectivity index (χ0v) is 39.7. The van der Waals surface area contributed by atoms with E-state index in [-0.39, 0.29) is 72.4 Å². The van der Waals surface area contributed by atoms with Crippen LogP contribution in [0.2, 0.25) is 22.2 Å². The lowest BCUT2D eigenvalue weighted by molar-refractivity contribution is -0.0139. The minimum Gasteiger partial charge on any atom is -0.474 e. The van der Waals surface area contributed by atoms with Crippen molar-refractivity contribution in [2.24, 2.45) is 11.8 Å². The van der Waals surface area contributed by atoms with Crippen molar-refractivity contribution in [2.75, 3.05) is 19.8 Å². The molecule has 5 rings (SSSR count). The number of H-pyrrole nitrogens is 1. The van der Waals surface area contributed by atoms with Gasteiger partial charge >= 0.3 is 32.1 Å². The van der Waals surface area contributed by atoms with Crippen LogP contribution in [0.25, 0.3) is 11.2 Å². The molecule has 0 amide bonds. The fraction of sp³-hybridized carbons (Fsp3) is 0.743. The van der Waals surface area contributed by atoms with Crippen molar-refractivity contribution in [3.63, 3.8) is 0 Å². The number of hydrogen-bond donors (Lipinski definition) is 4. The number of rotatable bonds is 22. The van der Waals surface area contributed by atoms with Gasteiger partial charge in [-0.05, 0) is 46.8 Å². The summed E-state index contributed by atoms with van der Waals surface area (Å²) in [5.41, 5.74) is -1.12. The number of nitriles is 1. The number of nitrogens with zero attached hydrogens (tertiary/aromatic N) is 7. The second kappa shape index (κ2) is 20.8. The third-order valence-electron chi connectivity index (χ3n) is 11.3. The van der Waals surface area contributed by atoms with E-state index in [9.17, 15) is 29.4 Å². The molecule has 3 aromatic heterocycles. The molecule has 2 aliphatic rings. The Balaban J connectivity index is 1.56. The van der Waals surface area contributed by atoms with Crippen LogP contribution < -0.4 is 10.3 Å². The highest BCUT2D eigenvalue weighted by Gasteiger charge is 2.59. The summed E-state index contributed by atoms with van der Waals surface area (Å²) in [6, 6.07) is 2.83. The standard InChI is InChI=1S/C35H56N8O12P2SSi2/c1-21(2)59(48,22(3)4)55-60(23(5)6,24(7)8)54-32-25(17-44)15-28(43-34-31(41-42-43)35(45)40-20-39-34)33(32)53-57(58,49-13-9-11-36)50-18-26-14-27(16-29(26)52-56(46)47)51-30-10-12-37-19-38-30/h10,12,19-29,32-33,44,48H,9,13-18H2,1-8H3,(H-,39,40,42,45,46,47)/p+1/t25-,26-,27-,28-,29+,32-,33+,57?/m1/s1. The predicted octanol–water partition coefficient (Wildman–Crippen LogP) is 5.23. The van der Waals surface area contributed by atoms with Gasteiger partial charge in [-0.15, -0.1) is 14.5 Å². The fourth-order valence-corrected chi connectivity index (χ4v) is 20.7. The van der Waals surface area contributed by atoms with E-state index in [2.05, 4.69) is 30.2 Å². The summed E-state index contributed by atoms with van der Waals surface area (Å²) in [7, 11) is -9.94. The summed E-state index contributed by atoms with van der Waals surface area (Å²) >= 11 is 6.13. The first-order chi connectivity index (χ1) is 28.4. The van der Waals surface area contributed by atoms with Crippen molar-refractivity contribution < 1.29 is 50.7 Å². The van der Waals surface area contributed by atoms with Gasteiger partial charge in [0.05, 0.1) is 44.2 Å². The third-order valence-corrected chi connectivity index (χ3v) is 23.8. The molecule has 0 radical (unpaired) electrons. The Morgan fingerprint density at radius 1 is 1.05 bits per heavy atom. The minimum atomic E-state index is -3.91. The van der Waals surface area contributed by atoms with Crippen LogP contribution in [-0.2, 0) is 43.0 Å². The van der Waals surface area contributed by atoms with Crippen LogP contribution in [-0.4, -0.2) is 111 Å². The molecule has 2 fully saturated rings. The maximum absolute atomic E-state index is 12.8. The molecule has 2 unspecified atom stereocenters. The van der Waals surface area contributed by atoms with Gasteiger partial charge in [0, 0.05) is 41.7 Å². The number of nitrogens with one attached hydrogen (secondary N) is 1. The average molecular weight is 932 g/mol. The highest BCUT2D eigenvalue weighted by atomic mass is 32.5. The number of hydrogen-bond acceptors (Lipinski definition) is 18. The molecule has 0 saturated heterocycles. The van der Waals surface area contributed by atoms with Crippen molar-refractivity contribution >= 4 is 55.1 Å². The first kappa shape index (κ1) is 48.5. The number of ether oxygens (including phenoxy) is 1. The second-order valence-electron chi connectivity index (χ2n) is 16.4.